The quantitative estimate of drug-likeness (QED) is 0.640. The van der Waals surface area contributed by atoms with Gasteiger partial charge in [0.05, 0.1) is 0 Å². The first kappa shape index (κ1) is 22.1. The van der Waals surface area contributed by atoms with Gasteiger partial charge in [0.25, 0.3) is 0 Å². The van der Waals surface area contributed by atoms with Crippen LogP contribution in [0.5, 0.6) is 11.5 Å². The van der Waals surface area contributed by atoms with E-state index in [-0.39, 0.29) is 10.8 Å². The molecule has 0 aliphatic heterocycles. The summed E-state index contributed by atoms with van der Waals surface area (Å²) in [7, 11) is 0. The third kappa shape index (κ3) is 6.40. The Morgan fingerprint density at radius 1 is 0.731 bits per heavy atom. The average molecular weight is 357 g/mol. The molecule has 2 aromatic rings. The molecule has 144 valence electrons. The first-order valence-corrected chi connectivity index (χ1v) is 9.58. The molecule has 0 aliphatic carbocycles. The van der Waals surface area contributed by atoms with Crippen molar-refractivity contribution in [3.8, 4) is 11.5 Å². The van der Waals surface area contributed by atoms with Gasteiger partial charge in [-0.1, -0.05) is 85.2 Å². The largest absolute Gasteiger partial charge is 0.508 e. The van der Waals surface area contributed by atoms with Crippen molar-refractivity contribution in [2.24, 2.45) is 0 Å². The Balaban J connectivity index is 0.000000273. The smallest absolute Gasteiger partial charge is 0.119 e. The van der Waals surface area contributed by atoms with E-state index in [0.29, 0.717) is 11.5 Å². The SMILES string of the molecule is CC(C)(C)c1cccc(O)c1C(C)(C)C.CCCCc1ccccc1O. The van der Waals surface area contributed by atoms with E-state index in [4.69, 9.17) is 0 Å². The molecule has 2 rings (SSSR count). The topological polar surface area (TPSA) is 40.5 Å². The van der Waals surface area contributed by atoms with E-state index >= 15 is 0 Å². The van der Waals surface area contributed by atoms with Crippen LogP contribution in [0.1, 0.15) is 78.0 Å². The van der Waals surface area contributed by atoms with Crippen molar-refractivity contribution in [2.45, 2.75) is 78.6 Å². The maximum absolute atomic E-state index is 9.99. The Kier molecular flexibility index (Phi) is 7.74. The van der Waals surface area contributed by atoms with Gasteiger partial charge < -0.3 is 10.2 Å². The fourth-order valence-electron chi connectivity index (χ4n) is 3.04. The number of aromatic hydroxyl groups is 2. The molecule has 0 heterocycles. The monoisotopic (exact) mass is 356 g/mol. The molecular formula is C24H36O2. The molecule has 0 saturated heterocycles. The third-order valence-electron chi connectivity index (χ3n) is 4.39. The van der Waals surface area contributed by atoms with E-state index in [2.05, 4.69) is 54.5 Å². The summed E-state index contributed by atoms with van der Waals surface area (Å²) in [6.07, 6.45) is 3.31. The number of hydrogen-bond donors (Lipinski definition) is 2. The van der Waals surface area contributed by atoms with Gasteiger partial charge in [-0.2, -0.15) is 0 Å². The lowest BCUT2D eigenvalue weighted by molar-refractivity contribution is 0.435. The Labute approximate surface area is 159 Å². The summed E-state index contributed by atoms with van der Waals surface area (Å²) in [4.78, 5) is 0. The van der Waals surface area contributed by atoms with Crippen molar-refractivity contribution in [2.75, 3.05) is 0 Å². The molecule has 0 amide bonds. The van der Waals surface area contributed by atoms with Crippen LogP contribution in [-0.2, 0) is 17.3 Å². The minimum atomic E-state index is -0.0199. The Morgan fingerprint density at radius 3 is 1.77 bits per heavy atom. The number of rotatable bonds is 3. The summed E-state index contributed by atoms with van der Waals surface area (Å²) in [6.45, 7) is 15.1. The maximum atomic E-state index is 9.99. The third-order valence-corrected chi connectivity index (χ3v) is 4.39. The Hall–Kier alpha value is -1.96. The molecule has 2 heteroatoms. The minimum Gasteiger partial charge on any atom is -0.508 e. The molecule has 0 radical (unpaired) electrons. The van der Waals surface area contributed by atoms with E-state index in [9.17, 15) is 10.2 Å². The number of hydrogen-bond acceptors (Lipinski definition) is 2. The maximum Gasteiger partial charge on any atom is 0.119 e. The van der Waals surface area contributed by atoms with Crippen LogP contribution >= 0.6 is 0 Å². The highest BCUT2D eigenvalue weighted by Gasteiger charge is 2.27. The molecule has 0 bridgehead atoms. The van der Waals surface area contributed by atoms with E-state index < -0.39 is 0 Å². The molecule has 0 aliphatic rings. The van der Waals surface area contributed by atoms with Gasteiger partial charge in [0.15, 0.2) is 0 Å². The van der Waals surface area contributed by atoms with E-state index in [0.717, 1.165) is 24.0 Å². The Bertz CT molecular complexity index is 688. The van der Waals surface area contributed by atoms with Crippen LogP contribution in [0.3, 0.4) is 0 Å². The minimum absolute atomic E-state index is 0.0199. The van der Waals surface area contributed by atoms with Crippen LogP contribution in [0.15, 0.2) is 42.5 Å². The molecule has 0 saturated carbocycles. The van der Waals surface area contributed by atoms with Crippen molar-refractivity contribution in [3.05, 3.63) is 59.2 Å². The van der Waals surface area contributed by atoms with E-state index in [1.165, 1.54) is 12.0 Å². The standard InChI is InChI=1S/C14H22O.C10H14O/c1-13(2,3)10-8-7-9-11(15)12(10)14(4,5)6;1-2-3-6-9-7-4-5-8-10(9)11/h7-9,15H,1-6H3;4-5,7-8,11H,2-3,6H2,1H3. The molecule has 2 aromatic carbocycles. The normalized spacial score (nSPS) is 11.7. The molecule has 0 aromatic heterocycles. The van der Waals surface area contributed by atoms with E-state index in [1.54, 1.807) is 12.1 Å². The second kappa shape index (κ2) is 9.12. The van der Waals surface area contributed by atoms with Crippen LogP contribution in [0.4, 0.5) is 0 Å². The zero-order valence-electron chi connectivity index (χ0n) is 17.6. The van der Waals surface area contributed by atoms with Crippen molar-refractivity contribution in [1.82, 2.24) is 0 Å². The predicted octanol–water partition coefficient (Wildman–Crippen LogP) is 6.72. The second-order valence-corrected chi connectivity index (χ2v) is 8.93. The van der Waals surface area contributed by atoms with Crippen LogP contribution in [0.25, 0.3) is 0 Å². The van der Waals surface area contributed by atoms with Gasteiger partial charge in [0, 0.05) is 5.56 Å². The fraction of sp³-hybridized carbons (Fsp3) is 0.500. The summed E-state index contributed by atoms with van der Waals surface area (Å²) in [5.74, 6) is 0.843. The lowest BCUT2D eigenvalue weighted by atomic mass is 9.75. The van der Waals surface area contributed by atoms with Gasteiger partial charge in [0.1, 0.15) is 11.5 Å². The fourth-order valence-corrected chi connectivity index (χ4v) is 3.04. The zero-order valence-corrected chi connectivity index (χ0v) is 17.6. The first-order valence-electron chi connectivity index (χ1n) is 9.58. The van der Waals surface area contributed by atoms with Crippen LogP contribution < -0.4 is 0 Å². The number of benzene rings is 2. The molecule has 26 heavy (non-hydrogen) atoms. The number of aryl methyl sites for hydroxylation is 1. The number of phenolic OH excluding ortho intramolecular Hbond substituents is 2. The van der Waals surface area contributed by atoms with Gasteiger partial charge >= 0.3 is 0 Å². The summed E-state index contributed by atoms with van der Waals surface area (Å²) in [6, 6.07) is 13.3. The molecule has 2 N–H and O–H groups in total. The molecule has 0 fully saturated rings. The number of phenols is 2. The van der Waals surface area contributed by atoms with Crippen molar-refractivity contribution in [3.63, 3.8) is 0 Å². The van der Waals surface area contributed by atoms with Gasteiger partial charge in [-0.15, -0.1) is 0 Å². The zero-order chi connectivity index (χ0) is 20.0. The van der Waals surface area contributed by atoms with Gasteiger partial charge in [0.2, 0.25) is 0 Å². The lowest BCUT2D eigenvalue weighted by Crippen LogP contribution is -2.21. The summed E-state index contributed by atoms with van der Waals surface area (Å²) < 4.78 is 0. The van der Waals surface area contributed by atoms with Crippen molar-refractivity contribution < 1.29 is 10.2 Å². The van der Waals surface area contributed by atoms with E-state index in [1.807, 2.05) is 24.3 Å². The van der Waals surface area contributed by atoms with Crippen molar-refractivity contribution in [1.29, 1.82) is 0 Å². The van der Waals surface area contributed by atoms with Gasteiger partial charge in [-0.25, -0.2) is 0 Å². The Morgan fingerprint density at radius 2 is 1.31 bits per heavy atom. The number of unbranched alkanes of at least 4 members (excludes halogenated alkanes) is 1. The molecule has 0 atom stereocenters. The second-order valence-electron chi connectivity index (χ2n) is 8.93. The molecule has 0 unspecified atom stereocenters. The highest BCUT2D eigenvalue weighted by Crippen LogP contribution is 2.38. The molecule has 0 spiro atoms. The lowest BCUT2D eigenvalue weighted by Gasteiger charge is -2.30. The summed E-state index contributed by atoms with van der Waals surface area (Å²) in [5.41, 5.74) is 3.41. The number of para-hydroxylation sites is 1. The predicted molar refractivity (Wildman–Crippen MR) is 112 cm³/mol. The van der Waals surface area contributed by atoms with Gasteiger partial charge in [-0.3, -0.25) is 0 Å². The van der Waals surface area contributed by atoms with Crippen LogP contribution in [-0.4, -0.2) is 10.2 Å². The van der Waals surface area contributed by atoms with Crippen molar-refractivity contribution >= 4 is 0 Å². The summed E-state index contributed by atoms with van der Waals surface area (Å²) in [5, 5.41) is 19.3. The van der Waals surface area contributed by atoms with Gasteiger partial charge in [-0.05, 0) is 46.9 Å². The van der Waals surface area contributed by atoms with Crippen LogP contribution in [0, 0.1) is 0 Å². The highest BCUT2D eigenvalue weighted by molar-refractivity contribution is 5.46. The summed E-state index contributed by atoms with van der Waals surface area (Å²) >= 11 is 0. The molecule has 2 nitrogen and oxygen atoms in total. The van der Waals surface area contributed by atoms with Crippen LogP contribution in [0.2, 0.25) is 0 Å². The average Bonchev–Trinajstić information content (AvgIpc) is 2.52. The first-order chi connectivity index (χ1) is 12.0. The molecular weight excluding hydrogens is 320 g/mol. The highest BCUT2D eigenvalue weighted by atomic mass is 16.3.